The first-order valence-electron chi connectivity index (χ1n) is 5.42. The average molecular weight is 184 g/mol. The molecule has 0 saturated heterocycles. The van der Waals surface area contributed by atoms with Gasteiger partial charge in [0.1, 0.15) is 0 Å². The van der Waals surface area contributed by atoms with Crippen molar-refractivity contribution in [2.24, 2.45) is 11.1 Å². The normalized spacial score (nSPS) is 33.7. The highest BCUT2D eigenvalue weighted by molar-refractivity contribution is 4.91. The van der Waals surface area contributed by atoms with Crippen molar-refractivity contribution in [1.82, 2.24) is 4.90 Å². The Balaban J connectivity index is 2.60. The van der Waals surface area contributed by atoms with Gasteiger partial charge in [-0.05, 0) is 38.3 Å². The maximum atomic E-state index is 6.13. The first-order valence-corrected chi connectivity index (χ1v) is 5.42. The van der Waals surface area contributed by atoms with Crippen LogP contribution < -0.4 is 5.73 Å². The molecule has 2 atom stereocenters. The minimum absolute atomic E-state index is 0.387. The number of hydrogen-bond donors (Lipinski definition) is 1. The molecule has 0 amide bonds. The summed E-state index contributed by atoms with van der Waals surface area (Å²) < 4.78 is 0. The van der Waals surface area contributed by atoms with Crippen LogP contribution in [0.5, 0.6) is 0 Å². The molecular formula is C11H24N2. The van der Waals surface area contributed by atoms with Crippen molar-refractivity contribution in [2.75, 3.05) is 13.6 Å². The molecule has 0 aromatic rings. The van der Waals surface area contributed by atoms with Crippen LogP contribution in [0.4, 0.5) is 0 Å². The van der Waals surface area contributed by atoms with Gasteiger partial charge in [-0.3, -0.25) is 0 Å². The molecular weight excluding hydrogens is 160 g/mol. The Morgan fingerprint density at radius 3 is 2.62 bits per heavy atom. The minimum atomic E-state index is 0.387. The molecule has 2 unspecified atom stereocenters. The molecule has 13 heavy (non-hydrogen) atoms. The lowest BCUT2D eigenvalue weighted by atomic mass is 9.73. The lowest BCUT2D eigenvalue weighted by Gasteiger charge is -2.43. The van der Waals surface area contributed by atoms with Crippen LogP contribution in [0.25, 0.3) is 0 Å². The fraction of sp³-hybridized carbons (Fsp3) is 1.00. The summed E-state index contributed by atoms with van der Waals surface area (Å²) in [6, 6.07) is 0.978. The van der Waals surface area contributed by atoms with Crippen molar-refractivity contribution in [1.29, 1.82) is 0 Å². The summed E-state index contributed by atoms with van der Waals surface area (Å²) in [6.45, 7) is 8.02. The standard InChI is InChI=1S/C11H24N2/c1-5-13(4)10-8-11(2,3)7-6-9(10)12/h9-10H,5-8,12H2,1-4H3. The monoisotopic (exact) mass is 184 g/mol. The highest BCUT2D eigenvalue weighted by atomic mass is 15.1. The molecule has 1 rings (SSSR count). The zero-order valence-electron chi connectivity index (χ0n) is 9.51. The van der Waals surface area contributed by atoms with Crippen LogP contribution >= 0.6 is 0 Å². The number of hydrogen-bond acceptors (Lipinski definition) is 2. The smallest absolute Gasteiger partial charge is 0.0249 e. The van der Waals surface area contributed by atoms with Gasteiger partial charge in [0, 0.05) is 12.1 Å². The van der Waals surface area contributed by atoms with E-state index in [1.54, 1.807) is 0 Å². The molecule has 0 aliphatic heterocycles. The molecule has 1 saturated carbocycles. The van der Waals surface area contributed by atoms with Gasteiger partial charge in [0.05, 0.1) is 0 Å². The average Bonchev–Trinajstić information content (AvgIpc) is 2.08. The number of nitrogens with two attached hydrogens (primary N) is 1. The molecule has 2 heteroatoms. The van der Waals surface area contributed by atoms with Crippen molar-refractivity contribution in [3.05, 3.63) is 0 Å². The Labute approximate surface area is 82.5 Å². The van der Waals surface area contributed by atoms with Crippen LogP contribution in [0.3, 0.4) is 0 Å². The molecule has 0 heterocycles. The van der Waals surface area contributed by atoms with E-state index in [9.17, 15) is 0 Å². The van der Waals surface area contributed by atoms with Gasteiger partial charge in [-0.2, -0.15) is 0 Å². The predicted octanol–water partition coefficient (Wildman–Crippen LogP) is 1.84. The van der Waals surface area contributed by atoms with E-state index in [1.807, 2.05) is 0 Å². The molecule has 0 bridgehead atoms. The van der Waals surface area contributed by atoms with E-state index >= 15 is 0 Å². The van der Waals surface area contributed by atoms with Crippen LogP contribution in [0, 0.1) is 5.41 Å². The van der Waals surface area contributed by atoms with Gasteiger partial charge in [0.25, 0.3) is 0 Å². The Bertz CT molecular complexity index is 161. The van der Waals surface area contributed by atoms with Crippen molar-refractivity contribution in [3.63, 3.8) is 0 Å². The third-order valence-electron chi connectivity index (χ3n) is 3.48. The van der Waals surface area contributed by atoms with Gasteiger partial charge in [0.2, 0.25) is 0 Å². The molecule has 78 valence electrons. The third kappa shape index (κ3) is 2.68. The summed E-state index contributed by atoms with van der Waals surface area (Å²) in [5, 5.41) is 0. The minimum Gasteiger partial charge on any atom is -0.326 e. The van der Waals surface area contributed by atoms with Crippen molar-refractivity contribution in [3.8, 4) is 0 Å². The zero-order chi connectivity index (χ0) is 10.1. The second kappa shape index (κ2) is 3.97. The van der Waals surface area contributed by atoms with Gasteiger partial charge in [-0.1, -0.05) is 20.8 Å². The Hall–Kier alpha value is -0.0800. The van der Waals surface area contributed by atoms with Gasteiger partial charge in [-0.25, -0.2) is 0 Å². The van der Waals surface area contributed by atoms with Gasteiger partial charge in [-0.15, -0.1) is 0 Å². The lowest BCUT2D eigenvalue weighted by Crippen LogP contribution is -2.51. The fourth-order valence-corrected chi connectivity index (χ4v) is 2.29. The molecule has 0 aromatic heterocycles. The second-order valence-corrected chi connectivity index (χ2v) is 5.21. The Morgan fingerprint density at radius 1 is 1.46 bits per heavy atom. The van der Waals surface area contributed by atoms with E-state index in [2.05, 4.69) is 32.7 Å². The first kappa shape index (κ1) is 11.0. The van der Waals surface area contributed by atoms with Crippen LogP contribution in [0.1, 0.15) is 40.0 Å². The van der Waals surface area contributed by atoms with E-state index in [0.29, 0.717) is 17.5 Å². The quantitative estimate of drug-likeness (QED) is 0.709. The van der Waals surface area contributed by atoms with Crippen molar-refractivity contribution >= 4 is 0 Å². The van der Waals surface area contributed by atoms with Crippen LogP contribution in [0.15, 0.2) is 0 Å². The summed E-state index contributed by atoms with van der Waals surface area (Å²) in [5.74, 6) is 0. The summed E-state index contributed by atoms with van der Waals surface area (Å²) >= 11 is 0. The zero-order valence-corrected chi connectivity index (χ0v) is 9.51. The summed E-state index contributed by atoms with van der Waals surface area (Å²) in [4.78, 5) is 2.39. The van der Waals surface area contributed by atoms with E-state index in [0.717, 1.165) is 6.54 Å². The Kier molecular flexibility index (Phi) is 3.36. The van der Waals surface area contributed by atoms with Crippen LogP contribution in [-0.2, 0) is 0 Å². The highest BCUT2D eigenvalue weighted by Gasteiger charge is 2.34. The van der Waals surface area contributed by atoms with E-state index < -0.39 is 0 Å². The molecule has 0 spiro atoms. The van der Waals surface area contributed by atoms with E-state index in [-0.39, 0.29) is 0 Å². The summed E-state index contributed by atoms with van der Waals surface area (Å²) in [7, 11) is 2.19. The van der Waals surface area contributed by atoms with E-state index in [1.165, 1.54) is 19.3 Å². The number of nitrogens with zero attached hydrogens (tertiary/aromatic N) is 1. The molecule has 2 N–H and O–H groups in total. The molecule has 0 aromatic carbocycles. The lowest BCUT2D eigenvalue weighted by molar-refractivity contribution is 0.100. The van der Waals surface area contributed by atoms with Crippen molar-refractivity contribution in [2.45, 2.75) is 52.1 Å². The van der Waals surface area contributed by atoms with E-state index in [4.69, 9.17) is 5.73 Å². The second-order valence-electron chi connectivity index (χ2n) is 5.21. The molecule has 1 aliphatic rings. The number of rotatable bonds is 2. The SMILES string of the molecule is CCN(C)C1CC(C)(C)CCC1N. The van der Waals surface area contributed by atoms with Crippen molar-refractivity contribution < 1.29 is 0 Å². The van der Waals surface area contributed by atoms with Gasteiger partial charge < -0.3 is 10.6 Å². The highest BCUT2D eigenvalue weighted by Crippen LogP contribution is 2.36. The molecule has 1 fully saturated rings. The van der Waals surface area contributed by atoms with Gasteiger partial charge >= 0.3 is 0 Å². The summed E-state index contributed by atoms with van der Waals surface area (Å²) in [5.41, 5.74) is 6.62. The third-order valence-corrected chi connectivity index (χ3v) is 3.48. The molecule has 0 radical (unpaired) electrons. The maximum absolute atomic E-state index is 6.13. The van der Waals surface area contributed by atoms with Gasteiger partial charge in [0.15, 0.2) is 0 Å². The van der Waals surface area contributed by atoms with Crippen LogP contribution in [0.2, 0.25) is 0 Å². The maximum Gasteiger partial charge on any atom is 0.0249 e. The fourth-order valence-electron chi connectivity index (χ4n) is 2.29. The predicted molar refractivity (Wildman–Crippen MR) is 57.7 cm³/mol. The molecule has 2 nitrogen and oxygen atoms in total. The first-order chi connectivity index (χ1) is 5.96. The van der Waals surface area contributed by atoms with Crippen LogP contribution in [-0.4, -0.2) is 30.6 Å². The topological polar surface area (TPSA) is 29.3 Å². The summed E-state index contributed by atoms with van der Waals surface area (Å²) in [6.07, 6.45) is 3.71. The Morgan fingerprint density at radius 2 is 2.08 bits per heavy atom. The largest absolute Gasteiger partial charge is 0.326 e. The number of likely N-dealkylation sites (N-methyl/N-ethyl adjacent to an activating group) is 1. The molecule has 1 aliphatic carbocycles.